The fraction of sp³-hybridized carbons (Fsp3) is 0.218. The molecule has 29 heteroatoms. The Balaban J connectivity index is 0.000000112. The summed E-state index contributed by atoms with van der Waals surface area (Å²) < 4.78 is 83.5. The summed E-state index contributed by atoms with van der Waals surface area (Å²) in [6.45, 7) is 6.02. The van der Waals surface area contributed by atoms with E-state index < -0.39 is 23.3 Å². The van der Waals surface area contributed by atoms with Crippen LogP contribution < -0.4 is 0 Å². The molecule has 0 amide bonds. The molecule has 116 heavy (non-hydrogen) atoms. The van der Waals surface area contributed by atoms with Gasteiger partial charge < -0.3 is 31.0 Å². The molecule has 3 N–H and O–H groups in total. The van der Waals surface area contributed by atoms with Gasteiger partial charge in [0.2, 0.25) is 35.3 Å². The maximum atomic E-state index is 14.2. The molecule has 0 spiro atoms. The molecule has 19 aromatic rings. The highest BCUT2D eigenvalue weighted by atomic mass is 19.1. The van der Waals surface area contributed by atoms with E-state index in [1.165, 1.54) is 53.0 Å². The minimum absolute atomic E-state index is 0.00467. The normalized spacial score (nSPS) is 16.5. The molecule has 3 atom stereocenters. The second kappa shape index (κ2) is 30.4. The van der Waals surface area contributed by atoms with E-state index in [0.29, 0.717) is 42.5 Å². The number of piperidine rings is 3. The minimum atomic E-state index is -0.522. The summed E-state index contributed by atoms with van der Waals surface area (Å²) in [5.74, 6) is 1.32. The molecular weight excluding hydrogens is 1480 g/mol. The lowest BCUT2D eigenvalue weighted by atomic mass is 9.97. The Kier molecular flexibility index (Phi) is 18.7. The van der Waals surface area contributed by atoms with Gasteiger partial charge in [0.1, 0.15) is 57.3 Å². The molecule has 3 fully saturated rings. The smallest absolute Gasteiger partial charge is 0.247 e. The fourth-order valence-electron chi connectivity index (χ4n) is 16.6. The van der Waals surface area contributed by atoms with Crippen LogP contribution in [0.1, 0.15) is 90.8 Å². The number of aromatic amines is 3. The lowest BCUT2D eigenvalue weighted by molar-refractivity contribution is 0.182. The fourth-order valence-corrected chi connectivity index (χ4v) is 16.6. The zero-order chi connectivity index (χ0) is 77.9. The van der Waals surface area contributed by atoms with Gasteiger partial charge in [0.05, 0.1) is 34.3 Å². The molecule has 6 aromatic carbocycles. The highest BCUT2D eigenvalue weighted by Crippen LogP contribution is 2.39. The van der Waals surface area contributed by atoms with Gasteiger partial charge in [0.25, 0.3) is 0 Å². The van der Waals surface area contributed by atoms with Crippen LogP contribution >= 0.6 is 0 Å². The van der Waals surface area contributed by atoms with Crippen molar-refractivity contribution in [3.05, 3.63) is 271 Å². The predicted octanol–water partition coefficient (Wildman–Crippen LogP) is 17.0. The number of imidazole rings is 3. The molecule has 3 aliphatic rings. The Bertz CT molecular complexity index is 6520. The number of halogens is 4. The lowest BCUT2D eigenvalue weighted by Crippen LogP contribution is -2.34. The number of pyridine rings is 3. The molecule has 16 heterocycles. The molecule has 13 aromatic heterocycles. The molecule has 0 saturated carbocycles. The van der Waals surface area contributed by atoms with Crippen molar-refractivity contribution in [2.24, 2.45) is 7.05 Å². The number of fused-ring (bicyclic) bond motifs is 7. The number of rotatable bonds is 15. The van der Waals surface area contributed by atoms with Crippen LogP contribution in [-0.4, -0.2) is 148 Å². The second-order valence-electron chi connectivity index (χ2n) is 30.0. The summed E-state index contributed by atoms with van der Waals surface area (Å²) in [5.41, 5.74) is 16.1. The van der Waals surface area contributed by atoms with E-state index in [0.717, 1.165) is 177 Å². The first-order valence-electron chi connectivity index (χ1n) is 38.8. The third-order valence-electron chi connectivity index (χ3n) is 22.6. The number of hydrogen-bond acceptors (Lipinski definition) is 18. The van der Waals surface area contributed by atoms with Crippen LogP contribution in [0.4, 0.5) is 17.6 Å². The molecule has 0 aliphatic carbocycles. The molecular formula is C87H74F4N22O3. The Morgan fingerprint density at radius 3 is 1.13 bits per heavy atom. The summed E-state index contributed by atoms with van der Waals surface area (Å²) in [7, 11) is 2.15. The van der Waals surface area contributed by atoms with Crippen molar-refractivity contribution in [3.63, 3.8) is 0 Å². The molecule has 25 nitrogen and oxygen atoms in total. The Hall–Kier alpha value is -13.6. The number of H-pyrrole nitrogens is 3. The quantitative estimate of drug-likeness (QED) is 0.0805. The van der Waals surface area contributed by atoms with E-state index >= 15 is 0 Å². The van der Waals surface area contributed by atoms with Crippen molar-refractivity contribution < 1.29 is 30.8 Å². The molecule has 0 radical (unpaired) electrons. The van der Waals surface area contributed by atoms with Crippen LogP contribution in [0.25, 0.3) is 129 Å². The number of nitrogens with one attached hydrogen (secondary N) is 3. The topological polar surface area (TPSA) is 269 Å². The van der Waals surface area contributed by atoms with Gasteiger partial charge in [-0.2, -0.15) is 15.3 Å². The van der Waals surface area contributed by atoms with Crippen LogP contribution in [0.5, 0.6) is 0 Å². The first-order valence-corrected chi connectivity index (χ1v) is 38.8. The van der Waals surface area contributed by atoms with Gasteiger partial charge in [-0.05, 0) is 191 Å². The van der Waals surface area contributed by atoms with Gasteiger partial charge in [-0.1, -0.05) is 30.3 Å². The van der Waals surface area contributed by atoms with Crippen molar-refractivity contribution in [1.82, 2.24) is 109 Å². The van der Waals surface area contributed by atoms with Crippen molar-refractivity contribution in [3.8, 4) is 68.1 Å². The van der Waals surface area contributed by atoms with E-state index in [1.807, 2.05) is 145 Å². The average Bonchev–Trinajstić information content (AvgIpc) is 1.64. The van der Waals surface area contributed by atoms with E-state index in [-0.39, 0.29) is 42.0 Å². The summed E-state index contributed by atoms with van der Waals surface area (Å²) in [4.78, 5) is 19.5. The summed E-state index contributed by atoms with van der Waals surface area (Å²) in [6, 6.07) is 48.6. The van der Waals surface area contributed by atoms with Crippen molar-refractivity contribution in [2.75, 3.05) is 39.3 Å². The van der Waals surface area contributed by atoms with E-state index in [9.17, 15) is 17.6 Å². The predicted molar refractivity (Wildman–Crippen MR) is 428 cm³/mol. The lowest BCUT2D eigenvalue weighted by Gasteiger charge is -2.31. The number of nitrogens with zero attached hydrogens (tertiary/aromatic N) is 19. The van der Waals surface area contributed by atoms with Gasteiger partial charge in [-0.3, -0.25) is 30.0 Å². The van der Waals surface area contributed by atoms with Crippen LogP contribution in [0.15, 0.2) is 227 Å². The number of aryl methyl sites for hydroxylation is 1. The Labute approximate surface area is 658 Å². The largest absolute Gasteiger partial charge is 0.420 e. The van der Waals surface area contributed by atoms with Crippen LogP contribution in [0.2, 0.25) is 0 Å². The van der Waals surface area contributed by atoms with Crippen molar-refractivity contribution >= 4 is 60.6 Å². The van der Waals surface area contributed by atoms with E-state index in [1.54, 1.807) is 18.6 Å². The highest BCUT2D eigenvalue weighted by Gasteiger charge is 2.32. The third kappa shape index (κ3) is 14.1. The van der Waals surface area contributed by atoms with Crippen molar-refractivity contribution in [1.29, 1.82) is 0 Å². The SMILES string of the molecule is Cn1c(CN2CCC[C@@H](c3nnc(-c4ccc5[nH]nc(-c6ccc7nccn7c6)c5c4)o3)C2)cc2ccccc21.Fc1cccc(F)c1CN1CCC[C@@H](c2nnc(-c3ccc4[nH]nc(-c5ccc6nccn6c5)c4c3)o2)C1.Fc1cccc(F)c1CN1CCC[C@@H](c2nnc(-c3ccc4[nH]nc(-c5ccc6nccn6c5)c4c3)o2)C1. The molecule has 22 rings (SSSR count). The molecule has 578 valence electrons. The van der Waals surface area contributed by atoms with Gasteiger partial charge in [0.15, 0.2) is 0 Å². The number of hydrogen-bond donors (Lipinski definition) is 3. The summed E-state index contributed by atoms with van der Waals surface area (Å²) >= 11 is 0. The molecule has 3 saturated heterocycles. The van der Waals surface area contributed by atoms with Gasteiger partial charge in [0, 0.05) is 174 Å². The Morgan fingerprint density at radius 1 is 0.388 bits per heavy atom. The zero-order valence-electron chi connectivity index (χ0n) is 62.8. The number of benzene rings is 6. The zero-order valence-corrected chi connectivity index (χ0v) is 62.8. The van der Waals surface area contributed by atoms with E-state index in [2.05, 4.69) is 129 Å². The first-order chi connectivity index (χ1) is 56.9. The summed E-state index contributed by atoms with van der Waals surface area (Å²) in [6.07, 6.45) is 22.8. The number of likely N-dealkylation sites (tertiary alicyclic amines) is 3. The molecule has 3 aliphatic heterocycles. The summed E-state index contributed by atoms with van der Waals surface area (Å²) in [5, 5.41) is 53.5. The second-order valence-corrected chi connectivity index (χ2v) is 30.0. The molecule has 0 unspecified atom stereocenters. The third-order valence-corrected chi connectivity index (χ3v) is 22.6. The number of para-hydroxylation sites is 1. The van der Waals surface area contributed by atoms with E-state index in [4.69, 9.17) is 13.3 Å². The minimum Gasteiger partial charge on any atom is -0.420 e. The standard InChI is InChI=1S/C31H28N8O.2C28H23F2N7O/c1-37-24(15-20-5-2-3-7-27(20)37)19-38-13-4-6-23(17-38)31-36-35-30(40-31)21-8-10-26-25(16-21)29(34-33-26)22-9-11-28-32-12-14-39(28)18-22;2*29-22-4-1-5-23(30)21(22)16-36-11-2-3-19(14-36)28-35-34-27(38-28)17-6-8-24-20(13-17)26(33-32-24)18-7-9-25-31-10-12-37(25)15-18/h2-3,5,7-12,14-16,18,23H,4,6,13,17,19H2,1H3,(H,33,34);2*1,4-10,12-13,15,19H,2-3,11,14,16H2,(H,32,33)/t23-;2*19-/m111/s1. The van der Waals surface area contributed by atoms with Gasteiger partial charge in [-0.25, -0.2) is 32.5 Å². The highest BCUT2D eigenvalue weighted by molar-refractivity contribution is 5.97. The van der Waals surface area contributed by atoms with Crippen LogP contribution in [0, 0.1) is 23.3 Å². The number of aromatic nitrogens is 19. The first kappa shape index (κ1) is 71.4. The maximum Gasteiger partial charge on any atom is 0.247 e. The van der Waals surface area contributed by atoms with Crippen molar-refractivity contribution in [2.45, 2.75) is 75.9 Å². The molecule has 0 bridgehead atoms. The van der Waals surface area contributed by atoms with Gasteiger partial charge >= 0.3 is 0 Å². The monoisotopic (exact) mass is 1550 g/mol. The average molecular weight is 1550 g/mol. The van der Waals surface area contributed by atoms with Crippen LogP contribution in [-0.2, 0) is 26.7 Å². The van der Waals surface area contributed by atoms with Crippen LogP contribution in [0.3, 0.4) is 0 Å². The maximum absolute atomic E-state index is 14.2. The Morgan fingerprint density at radius 2 is 0.750 bits per heavy atom. The van der Waals surface area contributed by atoms with Gasteiger partial charge in [-0.15, -0.1) is 30.6 Å².